The molecule has 0 aliphatic carbocycles. The van der Waals surface area contributed by atoms with Crippen molar-refractivity contribution in [2.75, 3.05) is 20.6 Å². The van der Waals surface area contributed by atoms with E-state index in [4.69, 9.17) is 4.52 Å². The van der Waals surface area contributed by atoms with Crippen LogP contribution in [-0.4, -0.2) is 36.6 Å². The van der Waals surface area contributed by atoms with Gasteiger partial charge in [-0.1, -0.05) is 23.4 Å². The first kappa shape index (κ1) is 17.3. The van der Waals surface area contributed by atoms with Gasteiger partial charge in [0, 0.05) is 12.6 Å². The van der Waals surface area contributed by atoms with E-state index in [0.717, 1.165) is 10.4 Å². The SMILES string of the molecule is CN(C)[C@H](CNC(=O)c1cc(-c2cccs2)on1)c1ccc(F)cc1. The van der Waals surface area contributed by atoms with Gasteiger partial charge >= 0.3 is 0 Å². The van der Waals surface area contributed by atoms with Crippen LogP contribution in [0, 0.1) is 5.82 Å². The van der Waals surface area contributed by atoms with Crippen LogP contribution >= 0.6 is 11.3 Å². The Hall–Kier alpha value is -2.51. The average Bonchev–Trinajstić information content (AvgIpc) is 3.27. The zero-order valence-corrected chi connectivity index (χ0v) is 14.7. The Bertz CT molecular complexity index is 828. The van der Waals surface area contributed by atoms with Gasteiger partial charge in [0.25, 0.3) is 5.91 Å². The molecule has 0 aliphatic heterocycles. The first-order valence-electron chi connectivity index (χ1n) is 7.75. The number of carbonyl (C=O) groups is 1. The summed E-state index contributed by atoms with van der Waals surface area (Å²) < 4.78 is 18.3. The molecule has 0 unspecified atom stereocenters. The van der Waals surface area contributed by atoms with E-state index in [-0.39, 0.29) is 23.5 Å². The lowest BCUT2D eigenvalue weighted by Gasteiger charge is -2.25. The molecule has 0 radical (unpaired) electrons. The van der Waals surface area contributed by atoms with Crippen LogP contribution in [0.5, 0.6) is 0 Å². The highest BCUT2D eigenvalue weighted by Crippen LogP contribution is 2.25. The Labute approximate surface area is 149 Å². The molecule has 0 spiro atoms. The molecule has 5 nitrogen and oxygen atoms in total. The Morgan fingerprint density at radius 3 is 2.72 bits per heavy atom. The van der Waals surface area contributed by atoms with Crippen molar-refractivity contribution in [3.8, 4) is 10.6 Å². The molecule has 3 rings (SSSR count). The Morgan fingerprint density at radius 2 is 2.08 bits per heavy atom. The molecule has 1 aromatic carbocycles. The van der Waals surface area contributed by atoms with Crippen molar-refractivity contribution in [1.29, 1.82) is 0 Å². The minimum Gasteiger partial charge on any atom is -0.355 e. The molecule has 0 bridgehead atoms. The van der Waals surface area contributed by atoms with Gasteiger partial charge in [-0.2, -0.15) is 0 Å². The Kier molecular flexibility index (Phi) is 5.25. The highest BCUT2D eigenvalue weighted by molar-refractivity contribution is 7.13. The Morgan fingerprint density at radius 1 is 1.32 bits per heavy atom. The number of carbonyl (C=O) groups excluding carboxylic acids is 1. The van der Waals surface area contributed by atoms with Gasteiger partial charge in [-0.25, -0.2) is 4.39 Å². The smallest absolute Gasteiger partial charge is 0.273 e. The van der Waals surface area contributed by atoms with Crippen LogP contribution in [0.2, 0.25) is 0 Å². The summed E-state index contributed by atoms with van der Waals surface area (Å²) in [5.74, 6) is -0.0163. The summed E-state index contributed by atoms with van der Waals surface area (Å²) in [5, 5.41) is 8.63. The van der Waals surface area contributed by atoms with Crippen LogP contribution in [0.25, 0.3) is 10.6 Å². The van der Waals surface area contributed by atoms with E-state index < -0.39 is 0 Å². The zero-order valence-electron chi connectivity index (χ0n) is 13.9. The number of benzene rings is 1. The van der Waals surface area contributed by atoms with Crippen LogP contribution in [0.15, 0.2) is 52.4 Å². The van der Waals surface area contributed by atoms with E-state index in [1.54, 1.807) is 18.2 Å². The minimum absolute atomic E-state index is 0.0757. The number of rotatable bonds is 6. The molecule has 1 amide bonds. The highest BCUT2D eigenvalue weighted by atomic mass is 32.1. The fourth-order valence-corrected chi connectivity index (χ4v) is 3.15. The topological polar surface area (TPSA) is 58.4 Å². The van der Waals surface area contributed by atoms with E-state index in [1.165, 1.54) is 23.5 Å². The van der Waals surface area contributed by atoms with Crippen molar-refractivity contribution in [2.45, 2.75) is 6.04 Å². The average molecular weight is 359 g/mol. The van der Waals surface area contributed by atoms with Gasteiger partial charge in [-0.15, -0.1) is 11.3 Å². The third-order valence-electron chi connectivity index (χ3n) is 3.84. The van der Waals surface area contributed by atoms with Crippen molar-refractivity contribution in [3.63, 3.8) is 0 Å². The number of hydrogen-bond acceptors (Lipinski definition) is 5. The summed E-state index contributed by atoms with van der Waals surface area (Å²) in [6.45, 7) is 0.374. The number of aromatic nitrogens is 1. The number of hydrogen-bond donors (Lipinski definition) is 1. The van der Waals surface area contributed by atoms with Gasteiger partial charge in [0.15, 0.2) is 11.5 Å². The minimum atomic E-state index is -0.305. The molecule has 1 N–H and O–H groups in total. The molecule has 0 aliphatic rings. The van der Waals surface area contributed by atoms with E-state index in [0.29, 0.717) is 12.3 Å². The van der Waals surface area contributed by atoms with Crippen LogP contribution in [0.4, 0.5) is 4.39 Å². The Balaban J connectivity index is 1.66. The zero-order chi connectivity index (χ0) is 17.8. The molecule has 0 saturated carbocycles. The molecular formula is C18H18FN3O2S. The van der Waals surface area contributed by atoms with Crippen LogP contribution in [0.1, 0.15) is 22.1 Å². The summed E-state index contributed by atoms with van der Waals surface area (Å²) in [7, 11) is 3.82. The first-order chi connectivity index (χ1) is 12.0. The van der Waals surface area contributed by atoms with Gasteiger partial charge in [0.05, 0.1) is 10.9 Å². The number of nitrogens with one attached hydrogen (secondary N) is 1. The first-order valence-corrected chi connectivity index (χ1v) is 8.63. The number of amides is 1. The van der Waals surface area contributed by atoms with Crippen molar-refractivity contribution >= 4 is 17.2 Å². The molecule has 2 aromatic heterocycles. The molecule has 0 saturated heterocycles. The van der Waals surface area contributed by atoms with Gasteiger partial charge in [0.1, 0.15) is 5.82 Å². The van der Waals surface area contributed by atoms with E-state index in [9.17, 15) is 9.18 Å². The fourth-order valence-electron chi connectivity index (χ4n) is 2.48. The van der Waals surface area contributed by atoms with Gasteiger partial charge in [0.2, 0.25) is 0 Å². The maximum Gasteiger partial charge on any atom is 0.273 e. The molecule has 130 valence electrons. The number of thiophene rings is 1. The van der Waals surface area contributed by atoms with Gasteiger partial charge in [-0.3, -0.25) is 4.79 Å². The molecule has 25 heavy (non-hydrogen) atoms. The fraction of sp³-hybridized carbons (Fsp3) is 0.222. The normalized spacial score (nSPS) is 12.3. The number of likely N-dealkylation sites (N-methyl/N-ethyl adjacent to an activating group) is 1. The van der Waals surface area contributed by atoms with Gasteiger partial charge in [-0.05, 0) is 43.2 Å². The van der Waals surface area contributed by atoms with Crippen molar-refractivity contribution < 1.29 is 13.7 Å². The van der Waals surface area contributed by atoms with Crippen LogP contribution in [-0.2, 0) is 0 Å². The maximum atomic E-state index is 13.1. The van der Waals surface area contributed by atoms with Crippen LogP contribution in [0.3, 0.4) is 0 Å². The standard InChI is InChI=1S/C18H18FN3O2S/c1-22(2)15(12-5-7-13(19)8-6-12)11-20-18(23)14-10-16(24-21-14)17-4-3-9-25-17/h3-10,15H,11H2,1-2H3,(H,20,23)/t15-/m1/s1. The molecular weight excluding hydrogens is 341 g/mol. The summed E-state index contributed by atoms with van der Waals surface area (Å²) >= 11 is 1.52. The summed E-state index contributed by atoms with van der Waals surface area (Å²) in [4.78, 5) is 15.2. The van der Waals surface area contributed by atoms with Gasteiger partial charge < -0.3 is 14.7 Å². The monoisotopic (exact) mass is 359 g/mol. The van der Waals surface area contributed by atoms with Crippen molar-refractivity contribution in [1.82, 2.24) is 15.4 Å². The predicted molar refractivity (Wildman–Crippen MR) is 95.0 cm³/mol. The lowest BCUT2D eigenvalue weighted by molar-refractivity contribution is 0.0933. The third-order valence-corrected chi connectivity index (χ3v) is 4.73. The molecule has 7 heteroatoms. The lowest BCUT2D eigenvalue weighted by atomic mass is 10.1. The second kappa shape index (κ2) is 7.58. The quantitative estimate of drug-likeness (QED) is 0.731. The van der Waals surface area contributed by atoms with Crippen molar-refractivity contribution in [3.05, 3.63) is 64.9 Å². The third kappa shape index (κ3) is 4.12. The van der Waals surface area contributed by atoms with Crippen LogP contribution < -0.4 is 5.32 Å². The van der Waals surface area contributed by atoms with E-state index in [2.05, 4.69) is 10.5 Å². The molecule has 2 heterocycles. The van der Waals surface area contributed by atoms with E-state index in [1.807, 2.05) is 36.5 Å². The second-order valence-corrected chi connectivity index (χ2v) is 6.74. The molecule has 3 aromatic rings. The summed E-state index contributed by atoms with van der Waals surface area (Å²) in [6, 6.07) is 11.6. The number of nitrogens with zero attached hydrogens (tertiary/aromatic N) is 2. The summed E-state index contributed by atoms with van der Waals surface area (Å²) in [5.41, 5.74) is 1.16. The summed E-state index contributed by atoms with van der Waals surface area (Å²) in [6.07, 6.45) is 0. The number of halogens is 1. The molecule has 0 fully saturated rings. The predicted octanol–water partition coefficient (Wildman–Crippen LogP) is 3.57. The maximum absolute atomic E-state index is 13.1. The largest absolute Gasteiger partial charge is 0.355 e. The second-order valence-electron chi connectivity index (χ2n) is 5.79. The van der Waals surface area contributed by atoms with Crippen molar-refractivity contribution in [2.24, 2.45) is 0 Å². The van der Waals surface area contributed by atoms with E-state index >= 15 is 0 Å². The lowest BCUT2D eigenvalue weighted by Crippen LogP contribution is -2.34. The highest BCUT2D eigenvalue weighted by Gasteiger charge is 2.18. The molecule has 1 atom stereocenters.